The third-order valence-corrected chi connectivity index (χ3v) is 6.61. The molecule has 0 aliphatic rings. The fraction of sp³-hybridized carbons (Fsp3) is 0.286. The number of sulfone groups is 1. The number of hydrogen-bond acceptors (Lipinski definition) is 8. The van der Waals surface area contributed by atoms with Crippen LogP contribution in [0.5, 0.6) is 0 Å². The summed E-state index contributed by atoms with van der Waals surface area (Å²) in [7, 11) is -3.57. The topological polar surface area (TPSA) is 116 Å². The Hall–Kier alpha value is -3.54. The molecular weight excluding hydrogens is 452 g/mol. The number of nitrogens with one attached hydrogen (secondary N) is 1. The molecule has 172 valence electrons. The van der Waals surface area contributed by atoms with E-state index in [2.05, 4.69) is 30.2 Å². The van der Waals surface area contributed by atoms with Crippen molar-refractivity contribution in [3.05, 3.63) is 60.1 Å². The Labute approximate surface area is 188 Å². The number of aryl methyl sites for hydroxylation is 1. The molecule has 4 aromatic rings. The first-order valence-electron chi connectivity index (χ1n) is 10.1. The molecule has 0 saturated carbocycles. The van der Waals surface area contributed by atoms with E-state index in [0.717, 1.165) is 17.8 Å². The lowest BCUT2D eigenvalue weighted by molar-refractivity contribution is 0.569. The van der Waals surface area contributed by atoms with E-state index in [1.54, 1.807) is 24.6 Å². The van der Waals surface area contributed by atoms with E-state index in [9.17, 15) is 12.8 Å². The van der Waals surface area contributed by atoms with E-state index in [0.29, 0.717) is 5.52 Å². The Morgan fingerprint density at radius 2 is 1.91 bits per heavy atom. The first kappa shape index (κ1) is 22.6. The van der Waals surface area contributed by atoms with E-state index in [4.69, 9.17) is 0 Å². The average Bonchev–Trinajstić information content (AvgIpc) is 3.18. The van der Waals surface area contributed by atoms with Crippen LogP contribution in [0.1, 0.15) is 25.1 Å². The summed E-state index contributed by atoms with van der Waals surface area (Å²) in [5, 5.41) is 2.62. The van der Waals surface area contributed by atoms with Crippen molar-refractivity contribution in [1.29, 1.82) is 0 Å². The molecule has 0 atom stereocenters. The maximum absolute atomic E-state index is 15.2. The summed E-state index contributed by atoms with van der Waals surface area (Å²) in [6, 6.07) is 2.15. The predicted molar refractivity (Wildman–Crippen MR) is 119 cm³/mol. The number of anilines is 2. The number of hydrogen-bond donors (Lipinski definition) is 1. The third-order valence-electron chi connectivity index (χ3n) is 4.68. The minimum atomic E-state index is -3.57. The molecule has 0 aliphatic heterocycles. The largest absolute Gasteiger partial charge is 0.333 e. The fourth-order valence-corrected chi connectivity index (χ4v) is 5.17. The number of fused-ring (bicyclic) bond motifs is 1. The summed E-state index contributed by atoms with van der Waals surface area (Å²) in [4.78, 5) is 20.9. The monoisotopic (exact) mass is 473 g/mol. The summed E-state index contributed by atoms with van der Waals surface area (Å²) in [5.41, 5.74) is 0.679. The maximum atomic E-state index is 15.2. The number of aromatic nitrogens is 6. The highest BCUT2D eigenvalue weighted by molar-refractivity contribution is 7.90. The maximum Gasteiger partial charge on any atom is 0.235 e. The lowest BCUT2D eigenvalue weighted by Crippen LogP contribution is -2.15. The second-order valence-corrected chi connectivity index (χ2v) is 10.1. The minimum Gasteiger partial charge on any atom is -0.333 e. The van der Waals surface area contributed by atoms with Crippen LogP contribution in [-0.2, 0) is 15.6 Å². The summed E-state index contributed by atoms with van der Waals surface area (Å²) in [6.07, 6.45) is 5.93. The highest BCUT2D eigenvalue weighted by atomic mass is 32.2. The van der Waals surface area contributed by atoms with Gasteiger partial charge in [0.05, 0.1) is 23.4 Å². The quantitative estimate of drug-likeness (QED) is 0.434. The van der Waals surface area contributed by atoms with Gasteiger partial charge in [-0.05, 0) is 18.9 Å². The molecule has 0 unspecified atom stereocenters. The van der Waals surface area contributed by atoms with Gasteiger partial charge in [-0.3, -0.25) is 4.57 Å². The number of rotatable bonds is 7. The Kier molecular flexibility index (Phi) is 6.02. The fourth-order valence-electron chi connectivity index (χ4n) is 3.34. The molecule has 0 aliphatic carbocycles. The van der Waals surface area contributed by atoms with Crippen LogP contribution in [0.3, 0.4) is 0 Å². The van der Waals surface area contributed by atoms with Crippen LogP contribution < -0.4 is 5.32 Å². The molecule has 33 heavy (non-hydrogen) atoms. The lowest BCUT2D eigenvalue weighted by atomic mass is 10.2. The van der Waals surface area contributed by atoms with Gasteiger partial charge in [-0.1, -0.05) is 19.9 Å². The first-order chi connectivity index (χ1) is 15.6. The smallest absolute Gasteiger partial charge is 0.235 e. The SMILES string of the molecule is Cc1cn(-c2ncc3ncnc(Nc4c(F)ccc(CS(=O)(=O)CC(C)C)c4F)c3n2)cn1. The van der Waals surface area contributed by atoms with Crippen LogP contribution >= 0.6 is 0 Å². The molecule has 0 radical (unpaired) electrons. The summed E-state index contributed by atoms with van der Waals surface area (Å²) in [6.45, 7) is 5.33. The van der Waals surface area contributed by atoms with E-state index in [1.165, 1.54) is 18.9 Å². The highest BCUT2D eigenvalue weighted by Crippen LogP contribution is 2.29. The molecule has 0 amide bonds. The van der Waals surface area contributed by atoms with Crippen LogP contribution in [0.25, 0.3) is 17.0 Å². The standard InChI is InChI=1S/C21H21F2N7O2S/c1-12(2)8-33(31,32)9-14-4-5-15(22)18(17(14)23)28-20-19-16(25-10-26-20)6-24-21(29-19)30-7-13(3)27-11-30/h4-7,10-12H,8-9H2,1-3H3,(H,25,26,28). The lowest BCUT2D eigenvalue weighted by Gasteiger charge is -2.13. The zero-order valence-electron chi connectivity index (χ0n) is 18.1. The third kappa shape index (κ3) is 4.95. The van der Waals surface area contributed by atoms with Gasteiger partial charge in [0.15, 0.2) is 21.5 Å². The molecular formula is C21H21F2N7O2S. The van der Waals surface area contributed by atoms with E-state index >= 15 is 4.39 Å². The van der Waals surface area contributed by atoms with Gasteiger partial charge in [-0.2, -0.15) is 0 Å². The zero-order valence-corrected chi connectivity index (χ0v) is 18.9. The highest BCUT2D eigenvalue weighted by Gasteiger charge is 2.21. The zero-order chi connectivity index (χ0) is 23.8. The summed E-state index contributed by atoms with van der Waals surface area (Å²) >= 11 is 0. The van der Waals surface area contributed by atoms with Gasteiger partial charge in [-0.15, -0.1) is 0 Å². The van der Waals surface area contributed by atoms with Crippen molar-refractivity contribution in [1.82, 2.24) is 29.5 Å². The molecule has 12 heteroatoms. The molecule has 9 nitrogen and oxygen atoms in total. The molecule has 0 fully saturated rings. The summed E-state index contributed by atoms with van der Waals surface area (Å²) < 4.78 is 56.0. The van der Waals surface area contributed by atoms with Crippen LogP contribution in [0.4, 0.5) is 20.3 Å². The Balaban J connectivity index is 1.73. The Morgan fingerprint density at radius 1 is 1.12 bits per heavy atom. The molecule has 3 aromatic heterocycles. The van der Waals surface area contributed by atoms with Gasteiger partial charge >= 0.3 is 0 Å². The van der Waals surface area contributed by atoms with Gasteiger partial charge in [0.25, 0.3) is 0 Å². The predicted octanol–water partition coefficient (Wildman–Crippen LogP) is 3.51. The normalized spacial score (nSPS) is 11.9. The first-order valence-corrected chi connectivity index (χ1v) is 11.9. The number of benzene rings is 1. The van der Waals surface area contributed by atoms with Gasteiger partial charge in [0.1, 0.15) is 35.2 Å². The van der Waals surface area contributed by atoms with Crippen molar-refractivity contribution >= 4 is 32.4 Å². The van der Waals surface area contributed by atoms with Crippen LogP contribution in [0.15, 0.2) is 37.2 Å². The Bertz CT molecular complexity index is 1440. The molecule has 0 saturated heterocycles. The van der Waals surface area contributed by atoms with Crippen molar-refractivity contribution in [2.75, 3.05) is 11.1 Å². The van der Waals surface area contributed by atoms with Crippen molar-refractivity contribution in [2.24, 2.45) is 5.92 Å². The minimum absolute atomic E-state index is 0.0421. The van der Waals surface area contributed by atoms with Gasteiger partial charge in [-0.25, -0.2) is 42.1 Å². The van der Waals surface area contributed by atoms with Crippen LogP contribution in [-0.4, -0.2) is 43.7 Å². The van der Waals surface area contributed by atoms with Crippen molar-refractivity contribution in [2.45, 2.75) is 26.5 Å². The molecule has 0 spiro atoms. The van der Waals surface area contributed by atoms with E-state index < -0.39 is 32.9 Å². The summed E-state index contributed by atoms with van der Waals surface area (Å²) in [5.74, 6) is -2.34. The number of imidazole rings is 1. The molecule has 3 heterocycles. The second kappa shape index (κ2) is 8.77. The molecule has 1 aromatic carbocycles. The molecule has 4 rings (SSSR count). The average molecular weight is 474 g/mol. The molecule has 1 N–H and O–H groups in total. The number of halogens is 2. The van der Waals surface area contributed by atoms with Crippen LogP contribution in [0, 0.1) is 24.5 Å². The van der Waals surface area contributed by atoms with E-state index in [-0.39, 0.29) is 34.5 Å². The van der Waals surface area contributed by atoms with E-state index in [1.807, 2.05) is 6.92 Å². The number of nitrogens with zero attached hydrogens (tertiary/aromatic N) is 6. The van der Waals surface area contributed by atoms with Crippen molar-refractivity contribution < 1.29 is 17.2 Å². The van der Waals surface area contributed by atoms with Crippen molar-refractivity contribution in [3.63, 3.8) is 0 Å². The Morgan fingerprint density at radius 3 is 2.61 bits per heavy atom. The van der Waals surface area contributed by atoms with Gasteiger partial charge in [0, 0.05) is 11.8 Å². The van der Waals surface area contributed by atoms with Crippen molar-refractivity contribution in [3.8, 4) is 5.95 Å². The molecule has 0 bridgehead atoms. The van der Waals surface area contributed by atoms with Crippen LogP contribution in [0.2, 0.25) is 0 Å². The van der Waals surface area contributed by atoms with Gasteiger partial charge < -0.3 is 5.32 Å². The second-order valence-electron chi connectivity index (χ2n) is 8.02. The van der Waals surface area contributed by atoms with Gasteiger partial charge in [0.2, 0.25) is 5.95 Å².